The number of rotatable bonds is 3. The largest absolute Gasteiger partial charge is 0.352 e. The van der Waals surface area contributed by atoms with Crippen LogP contribution in [0.25, 0.3) is 0 Å². The summed E-state index contributed by atoms with van der Waals surface area (Å²) in [5, 5.41) is 3.65. The highest BCUT2D eigenvalue weighted by molar-refractivity contribution is 5.29. The molecule has 0 bridgehead atoms. The summed E-state index contributed by atoms with van der Waals surface area (Å²) >= 11 is 0. The minimum atomic E-state index is 0.561. The molecular formula is C14H24N4. The maximum atomic E-state index is 4.51. The molecule has 18 heavy (non-hydrogen) atoms. The molecular weight excluding hydrogens is 224 g/mol. The van der Waals surface area contributed by atoms with E-state index in [2.05, 4.69) is 33.0 Å². The molecule has 1 saturated heterocycles. The Hall–Kier alpha value is -1.03. The lowest BCUT2D eigenvalue weighted by Gasteiger charge is -2.31. The van der Waals surface area contributed by atoms with Gasteiger partial charge in [-0.25, -0.2) is 4.98 Å². The highest BCUT2D eigenvalue weighted by atomic mass is 15.2. The Morgan fingerprint density at radius 2 is 2.06 bits per heavy atom. The van der Waals surface area contributed by atoms with Crippen LogP contribution in [0.3, 0.4) is 0 Å². The average Bonchev–Trinajstić information content (AvgIpc) is 2.98. The smallest absolute Gasteiger partial charge is 0.203 e. The third-order valence-electron chi connectivity index (χ3n) is 4.34. The summed E-state index contributed by atoms with van der Waals surface area (Å²) in [6.45, 7) is 2.37. The zero-order chi connectivity index (χ0) is 12.4. The van der Waals surface area contributed by atoms with Crippen molar-refractivity contribution in [3.63, 3.8) is 0 Å². The molecule has 0 radical (unpaired) electrons. The van der Waals surface area contributed by atoms with E-state index in [1.54, 1.807) is 0 Å². The molecule has 2 fully saturated rings. The van der Waals surface area contributed by atoms with Crippen LogP contribution in [0.15, 0.2) is 12.4 Å². The fourth-order valence-electron chi connectivity index (χ4n) is 3.37. The first kappa shape index (κ1) is 12.0. The molecule has 1 aliphatic heterocycles. The van der Waals surface area contributed by atoms with Gasteiger partial charge < -0.3 is 14.8 Å². The molecule has 2 aliphatic rings. The molecule has 0 aromatic carbocycles. The van der Waals surface area contributed by atoms with Crippen molar-refractivity contribution in [2.75, 3.05) is 25.5 Å². The summed E-state index contributed by atoms with van der Waals surface area (Å²) in [5.74, 6) is 1.09. The SMILES string of the molecule is CN1CCCC(Nc2nccn2C2CCCC2)C1. The monoisotopic (exact) mass is 248 g/mol. The van der Waals surface area contributed by atoms with Crippen LogP contribution in [-0.4, -0.2) is 40.6 Å². The van der Waals surface area contributed by atoms with Crippen LogP contribution in [0.1, 0.15) is 44.6 Å². The van der Waals surface area contributed by atoms with E-state index in [9.17, 15) is 0 Å². The van der Waals surface area contributed by atoms with Crippen LogP contribution in [0.5, 0.6) is 0 Å². The normalized spacial score (nSPS) is 26.6. The van der Waals surface area contributed by atoms with Crippen molar-refractivity contribution in [2.24, 2.45) is 0 Å². The first-order chi connectivity index (χ1) is 8.83. The minimum absolute atomic E-state index is 0.561. The number of piperidine rings is 1. The number of likely N-dealkylation sites (tertiary alicyclic amines) is 1. The molecule has 4 nitrogen and oxygen atoms in total. The van der Waals surface area contributed by atoms with Gasteiger partial charge in [0.2, 0.25) is 5.95 Å². The van der Waals surface area contributed by atoms with Crippen molar-refractivity contribution in [3.8, 4) is 0 Å². The van der Waals surface area contributed by atoms with Crippen molar-refractivity contribution in [1.82, 2.24) is 14.5 Å². The number of nitrogens with zero attached hydrogens (tertiary/aromatic N) is 3. The highest BCUT2D eigenvalue weighted by Gasteiger charge is 2.22. The third-order valence-corrected chi connectivity index (χ3v) is 4.34. The van der Waals surface area contributed by atoms with E-state index >= 15 is 0 Å². The number of hydrogen-bond donors (Lipinski definition) is 1. The maximum absolute atomic E-state index is 4.51. The lowest BCUT2D eigenvalue weighted by atomic mass is 10.1. The molecule has 1 aromatic rings. The van der Waals surface area contributed by atoms with Gasteiger partial charge in [0, 0.05) is 31.0 Å². The van der Waals surface area contributed by atoms with Crippen LogP contribution in [0.2, 0.25) is 0 Å². The zero-order valence-corrected chi connectivity index (χ0v) is 11.3. The number of aromatic nitrogens is 2. The molecule has 1 saturated carbocycles. The molecule has 1 aromatic heterocycles. The van der Waals surface area contributed by atoms with Crippen molar-refractivity contribution < 1.29 is 0 Å². The quantitative estimate of drug-likeness (QED) is 0.892. The predicted molar refractivity (Wildman–Crippen MR) is 73.9 cm³/mol. The number of nitrogens with one attached hydrogen (secondary N) is 1. The van der Waals surface area contributed by atoms with Gasteiger partial charge in [-0.15, -0.1) is 0 Å². The van der Waals surface area contributed by atoms with Crippen LogP contribution in [-0.2, 0) is 0 Å². The van der Waals surface area contributed by atoms with E-state index in [1.165, 1.54) is 45.1 Å². The van der Waals surface area contributed by atoms with Gasteiger partial charge in [-0.2, -0.15) is 0 Å². The van der Waals surface area contributed by atoms with Gasteiger partial charge in [0.15, 0.2) is 0 Å². The zero-order valence-electron chi connectivity index (χ0n) is 11.3. The van der Waals surface area contributed by atoms with E-state index in [0.29, 0.717) is 12.1 Å². The van der Waals surface area contributed by atoms with Gasteiger partial charge in [0.25, 0.3) is 0 Å². The molecule has 100 valence electrons. The summed E-state index contributed by atoms with van der Waals surface area (Å²) in [7, 11) is 2.21. The maximum Gasteiger partial charge on any atom is 0.203 e. The Morgan fingerprint density at radius 1 is 1.22 bits per heavy atom. The highest BCUT2D eigenvalue weighted by Crippen LogP contribution is 2.31. The number of anilines is 1. The molecule has 4 heteroatoms. The average molecular weight is 248 g/mol. The lowest BCUT2D eigenvalue weighted by Crippen LogP contribution is -2.40. The fourth-order valence-corrected chi connectivity index (χ4v) is 3.37. The van der Waals surface area contributed by atoms with E-state index < -0.39 is 0 Å². The van der Waals surface area contributed by atoms with Gasteiger partial charge in [0.1, 0.15) is 0 Å². The lowest BCUT2D eigenvalue weighted by molar-refractivity contribution is 0.260. The van der Waals surface area contributed by atoms with Crippen LogP contribution in [0, 0.1) is 0 Å². The summed E-state index contributed by atoms with van der Waals surface area (Å²) in [5.41, 5.74) is 0. The van der Waals surface area contributed by atoms with E-state index in [0.717, 1.165) is 12.5 Å². The van der Waals surface area contributed by atoms with Gasteiger partial charge in [0.05, 0.1) is 0 Å². The van der Waals surface area contributed by atoms with E-state index in [-0.39, 0.29) is 0 Å². The first-order valence-corrected chi connectivity index (χ1v) is 7.31. The molecule has 1 unspecified atom stereocenters. The second-order valence-electron chi connectivity index (χ2n) is 5.84. The minimum Gasteiger partial charge on any atom is -0.352 e. The molecule has 2 heterocycles. The summed E-state index contributed by atoms with van der Waals surface area (Å²) in [6, 6.07) is 1.24. The summed E-state index contributed by atoms with van der Waals surface area (Å²) in [6.07, 6.45) is 12.0. The molecule has 1 atom stereocenters. The first-order valence-electron chi connectivity index (χ1n) is 7.31. The summed E-state index contributed by atoms with van der Waals surface area (Å²) in [4.78, 5) is 6.92. The second-order valence-corrected chi connectivity index (χ2v) is 5.84. The Bertz CT molecular complexity index is 381. The molecule has 0 spiro atoms. The Labute approximate surface area is 109 Å². The van der Waals surface area contributed by atoms with E-state index in [1.807, 2.05) is 6.20 Å². The molecule has 0 amide bonds. The van der Waals surface area contributed by atoms with Gasteiger partial charge >= 0.3 is 0 Å². The van der Waals surface area contributed by atoms with Crippen molar-refractivity contribution >= 4 is 5.95 Å². The predicted octanol–water partition coefficient (Wildman–Crippen LogP) is 2.50. The standard InChI is InChI=1S/C14H24N4/c1-17-9-4-5-12(11-17)16-14-15-8-10-18(14)13-6-2-3-7-13/h8,10,12-13H,2-7,9,11H2,1H3,(H,15,16). The number of imidazole rings is 1. The van der Waals surface area contributed by atoms with Gasteiger partial charge in [-0.05, 0) is 39.3 Å². The van der Waals surface area contributed by atoms with Crippen molar-refractivity contribution in [3.05, 3.63) is 12.4 Å². The Balaban J connectivity index is 1.66. The summed E-state index contributed by atoms with van der Waals surface area (Å²) < 4.78 is 2.36. The third kappa shape index (κ3) is 2.53. The Kier molecular flexibility index (Phi) is 3.55. The molecule has 1 N–H and O–H groups in total. The van der Waals surface area contributed by atoms with Gasteiger partial charge in [-0.3, -0.25) is 0 Å². The van der Waals surface area contributed by atoms with Crippen molar-refractivity contribution in [1.29, 1.82) is 0 Å². The fraction of sp³-hybridized carbons (Fsp3) is 0.786. The molecule has 1 aliphatic carbocycles. The van der Waals surface area contributed by atoms with Crippen LogP contribution < -0.4 is 5.32 Å². The number of likely N-dealkylation sites (N-methyl/N-ethyl adjacent to an activating group) is 1. The second kappa shape index (κ2) is 5.31. The molecule has 3 rings (SSSR count). The van der Waals surface area contributed by atoms with Crippen molar-refractivity contribution in [2.45, 2.75) is 50.6 Å². The van der Waals surface area contributed by atoms with Gasteiger partial charge in [-0.1, -0.05) is 12.8 Å². The van der Waals surface area contributed by atoms with Crippen LogP contribution in [0.4, 0.5) is 5.95 Å². The Morgan fingerprint density at radius 3 is 2.83 bits per heavy atom. The van der Waals surface area contributed by atoms with Crippen LogP contribution >= 0.6 is 0 Å². The number of hydrogen-bond acceptors (Lipinski definition) is 3. The topological polar surface area (TPSA) is 33.1 Å². The van der Waals surface area contributed by atoms with E-state index in [4.69, 9.17) is 0 Å².